The number of anilines is 1. The molecule has 0 spiro atoms. The molecule has 11 atom stereocenters. The predicted molar refractivity (Wildman–Crippen MR) is 149 cm³/mol. The second-order valence-corrected chi connectivity index (χ2v) is 14.5. The van der Waals surface area contributed by atoms with Gasteiger partial charge in [0.25, 0.3) is 0 Å². The number of aromatic nitrogens is 2. The van der Waals surface area contributed by atoms with Crippen LogP contribution in [0.1, 0.15) is 40.0 Å². The highest BCUT2D eigenvalue weighted by Crippen LogP contribution is 2.36. The maximum atomic E-state index is 13.7. The minimum atomic E-state index is -1.42. The first kappa shape index (κ1) is 30.3. The first-order valence-electron chi connectivity index (χ1n) is 13.2. The number of rotatable bonds is 9. The van der Waals surface area contributed by atoms with Crippen molar-refractivity contribution < 1.29 is 29.6 Å². The minimum absolute atomic E-state index is 0.234. The van der Waals surface area contributed by atoms with Crippen LogP contribution in [0.4, 0.5) is 5.13 Å². The fourth-order valence-corrected chi connectivity index (χ4v) is 8.56. The van der Waals surface area contributed by atoms with Gasteiger partial charge < -0.3 is 41.2 Å². The van der Waals surface area contributed by atoms with Crippen molar-refractivity contribution in [3.8, 4) is 0 Å². The topological polar surface area (TPSA) is 172 Å². The van der Waals surface area contributed by atoms with E-state index in [4.69, 9.17) is 15.2 Å². The molecule has 11 nitrogen and oxygen atoms in total. The number of nitrogens with one attached hydrogen (secondary N) is 2. The van der Waals surface area contributed by atoms with Crippen LogP contribution >= 0.6 is 34.9 Å². The molecule has 1 aromatic rings. The van der Waals surface area contributed by atoms with Crippen molar-refractivity contribution in [3.05, 3.63) is 0 Å². The largest absolute Gasteiger partial charge is 0.388 e. The van der Waals surface area contributed by atoms with Crippen molar-refractivity contribution in [2.75, 3.05) is 25.1 Å². The summed E-state index contributed by atoms with van der Waals surface area (Å²) in [6, 6.07) is -1.26. The van der Waals surface area contributed by atoms with E-state index in [0.29, 0.717) is 34.5 Å². The molecule has 3 fully saturated rings. The zero-order valence-electron chi connectivity index (χ0n) is 22.2. The molecule has 4 heterocycles. The van der Waals surface area contributed by atoms with Gasteiger partial charge in [-0.25, -0.2) is 0 Å². The molecule has 7 N–H and O–H groups in total. The summed E-state index contributed by atoms with van der Waals surface area (Å²) in [5, 5.41) is 46.3. The molecule has 0 aliphatic carbocycles. The number of carbonyl (C=O) groups is 1. The number of aliphatic hydroxyl groups excluding tert-OH is 3. The first-order valence-corrected chi connectivity index (χ1v) is 16.2. The molecule has 1 aromatic heterocycles. The predicted octanol–water partition coefficient (Wildman–Crippen LogP) is 0.686. The Hall–Kier alpha value is -0.710. The van der Waals surface area contributed by atoms with Crippen molar-refractivity contribution >= 4 is 45.9 Å². The lowest BCUT2D eigenvalue weighted by molar-refractivity contribution is -0.205. The summed E-state index contributed by atoms with van der Waals surface area (Å²) in [6.07, 6.45) is -0.353. The number of hydrogen-bond acceptors (Lipinski definition) is 13. The smallest absolute Gasteiger partial charge is 0.240 e. The summed E-state index contributed by atoms with van der Waals surface area (Å²) in [5.74, 6) is 1.21. The molecule has 3 aliphatic rings. The highest BCUT2D eigenvalue weighted by Gasteiger charge is 2.50. The van der Waals surface area contributed by atoms with Gasteiger partial charge in [-0.3, -0.25) is 4.79 Å². The average Bonchev–Trinajstić information content (AvgIpc) is 3.40. The molecule has 38 heavy (non-hydrogen) atoms. The van der Waals surface area contributed by atoms with Gasteiger partial charge in [0, 0.05) is 18.4 Å². The van der Waals surface area contributed by atoms with Crippen molar-refractivity contribution in [3.63, 3.8) is 0 Å². The number of aliphatic hydroxyl groups is 3. The highest BCUT2D eigenvalue weighted by atomic mass is 32.2. The molecule has 0 radical (unpaired) electrons. The van der Waals surface area contributed by atoms with E-state index in [0.717, 1.165) is 19.3 Å². The van der Waals surface area contributed by atoms with Crippen LogP contribution in [0.5, 0.6) is 0 Å². The molecule has 0 bridgehead atoms. The van der Waals surface area contributed by atoms with Gasteiger partial charge >= 0.3 is 0 Å². The average molecular weight is 592 g/mol. The third-order valence-electron chi connectivity index (χ3n) is 7.67. The zero-order valence-corrected chi connectivity index (χ0v) is 24.7. The lowest BCUT2D eigenvalue weighted by Gasteiger charge is -2.44. The van der Waals surface area contributed by atoms with Crippen LogP contribution in [0, 0.1) is 17.8 Å². The van der Waals surface area contributed by atoms with Gasteiger partial charge in [0.15, 0.2) is 4.34 Å². The summed E-state index contributed by atoms with van der Waals surface area (Å²) in [7, 11) is 0. The monoisotopic (exact) mass is 591 g/mol. The molecule has 3 aliphatic heterocycles. The quantitative estimate of drug-likeness (QED) is 0.222. The van der Waals surface area contributed by atoms with Crippen molar-refractivity contribution in [2.45, 2.75) is 97.7 Å². The fraction of sp³-hybridized carbons (Fsp3) is 0.875. The Morgan fingerprint density at radius 1 is 1.24 bits per heavy atom. The van der Waals surface area contributed by atoms with E-state index < -0.39 is 41.9 Å². The van der Waals surface area contributed by atoms with E-state index in [1.165, 1.54) is 34.9 Å². The Balaban J connectivity index is 1.51. The van der Waals surface area contributed by atoms with Crippen molar-refractivity contribution in [1.82, 2.24) is 20.8 Å². The van der Waals surface area contributed by atoms with Crippen molar-refractivity contribution in [1.29, 1.82) is 0 Å². The van der Waals surface area contributed by atoms with Gasteiger partial charge in [-0.1, -0.05) is 43.9 Å². The summed E-state index contributed by atoms with van der Waals surface area (Å²) >= 11 is 3.81. The summed E-state index contributed by atoms with van der Waals surface area (Å²) in [4.78, 5) is 13.7. The van der Waals surface area contributed by atoms with Gasteiger partial charge in [-0.15, -0.1) is 22.0 Å². The van der Waals surface area contributed by atoms with E-state index in [1.54, 1.807) is 6.26 Å². The van der Waals surface area contributed by atoms with Crippen LogP contribution in [0.2, 0.25) is 0 Å². The Kier molecular flexibility index (Phi) is 10.6. The van der Waals surface area contributed by atoms with Gasteiger partial charge in [-0.2, -0.15) is 0 Å². The molecular weight excluding hydrogens is 550 g/mol. The minimum Gasteiger partial charge on any atom is -0.388 e. The maximum absolute atomic E-state index is 13.7. The van der Waals surface area contributed by atoms with Crippen LogP contribution < -0.4 is 16.4 Å². The number of ether oxygens (including phenoxy) is 2. The van der Waals surface area contributed by atoms with Gasteiger partial charge in [0.2, 0.25) is 11.0 Å². The fourth-order valence-electron chi connectivity index (χ4n) is 5.86. The van der Waals surface area contributed by atoms with Gasteiger partial charge in [-0.05, 0) is 43.3 Å². The Morgan fingerprint density at radius 2 is 2.00 bits per heavy atom. The molecular formula is C24H41N5O6S3. The van der Waals surface area contributed by atoms with Crippen LogP contribution in [-0.4, -0.2) is 104 Å². The summed E-state index contributed by atoms with van der Waals surface area (Å²) < 4.78 is 12.9. The second kappa shape index (κ2) is 13.3. The Morgan fingerprint density at radius 3 is 2.66 bits per heavy atom. The zero-order chi connectivity index (χ0) is 27.6. The van der Waals surface area contributed by atoms with Crippen molar-refractivity contribution in [2.24, 2.45) is 17.8 Å². The molecule has 14 heteroatoms. The number of thioether (sulfide) groups is 2. The van der Waals surface area contributed by atoms with Crippen LogP contribution in [-0.2, 0) is 14.3 Å². The lowest BCUT2D eigenvalue weighted by atomic mass is 9.85. The first-order chi connectivity index (χ1) is 18.1. The molecule has 216 valence electrons. The van der Waals surface area contributed by atoms with Crippen LogP contribution in [0.25, 0.3) is 0 Å². The highest BCUT2D eigenvalue weighted by molar-refractivity contribution is 8.01. The number of nitrogen functional groups attached to an aromatic ring is 1. The second-order valence-electron chi connectivity index (χ2n) is 10.9. The number of fused-ring (bicyclic) bond motifs is 1. The van der Waals surface area contributed by atoms with E-state index in [1.807, 2.05) is 6.92 Å². The molecule has 4 rings (SSSR count). The van der Waals surface area contributed by atoms with Gasteiger partial charge in [0.05, 0.1) is 12.1 Å². The lowest BCUT2D eigenvalue weighted by Crippen LogP contribution is -2.65. The Labute approximate surface area is 236 Å². The Bertz CT molecular complexity index is 926. The number of hydrogen-bond donors (Lipinski definition) is 6. The summed E-state index contributed by atoms with van der Waals surface area (Å²) in [6.45, 7) is 7.70. The van der Waals surface area contributed by atoms with E-state index in [-0.39, 0.29) is 23.2 Å². The number of carbonyl (C=O) groups excluding carboxylic acids is 1. The standard InChI is InChI=1S/C24H41N5O6S3/c1-10(2)7-12-5-6-34-19-13(8-12)9-26-15(19)21(33)27-14(11(3)37-24-29-28-23(25)38-24)20-17(31)16(30)18(32)22(35-20)36-4/h10-20,22,26,30-32H,5-9H2,1-4H3,(H2,25,28)(H,27,33)/t11-,12-,13-,14+,15-,16?,17?,18+,19+,20+,22?/m0/s1. The van der Waals surface area contributed by atoms with Gasteiger partial charge in [0.1, 0.15) is 35.9 Å². The number of nitrogens with zero attached hydrogens (tertiary/aromatic N) is 2. The summed E-state index contributed by atoms with van der Waals surface area (Å²) in [5.41, 5.74) is 4.99. The third-order valence-corrected chi connectivity index (χ3v) is 10.6. The van der Waals surface area contributed by atoms with Crippen LogP contribution in [0.15, 0.2) is 4.34 Å². The number of nitrogens with two attached hydrogens (primary N) is 1. The molecule has 3 saturated heterocycles. The molecule has 3 unspecified atom stereocenters. The van der Waals surface area contributed by atoms with E-state index in [9.17, 15) is 20.1 Å². The third kappa shape index (κ3) is 6.95. The van der Waals surface area contributed by atoms with E-state index in [2.05, 4.69) is 34.7 Å². The number of amides is 1. The van der Waals surface area contributed by atoms with Crippen LogP contribution in [0.3, 0.4) is 0 Å². The maximum Gasteiger partial charge on any atom is 0.240 e. The van der Waals surface area contributed by atoms with E-state index >= 15 is 0 Å². The normalized spacial score (nSPS) is 37.4. The molecule has 0 aromatic carbocycles. The molecule has 1 amide bonds. The SMILES string of the molecule is CSC1O[C@H]([C@H](NC(=O)[C@H]2NC[C@@H]3C[C@H](CC(C)C)CCO[C@H]32)[C@H](C)Sc2nnc(N)s2)C(O)C(O)[C@H]1O. The molecule has 0 saturated carbocycles.